The zero-order valence-electron chi connectivity index (χ0n) is 5.57. The summed E-state index contributed by atoms with van der Waals surface area (Å²) in [5, 5.41) is 0. The van der Waals surface area contributed by atoms with Gasteiger partial charge >= 0.3 is 0 Å². The molecule has 0 N–H and O–H groups in total. The third kappa shape index (κ3) is 1.32. The van der Waals surface area contributed by atoms with Gasteiger partial charge in [-0.3, -0.25) is 0 Å². The predicted molar refractivity (Wildman–Crippen MR) is 35.0 cm³/mol. The highest BCUT2D eigenvalue weighted by Crippen LogP contribution is 2.20. The van der Waals surface area contributed by atoms with Crippen molar-refractivity contribution in [2.45, 2.75) is 13.3 Å². The van der Waals surface area contributed by atoms with Gasteiger partial charge in [-0.1, -0.05) is 18.2 Å². The zero-order chi connectivity index (χ0) is 7.56. The number of hydrogen-bond acceptors (Lipinski definition) is 0. The largest absolute Gasteiger partial charge is 0.264 e. The maximum absolute atomic E-state index is 12.0. The highest BCUT2D eigenvalue weighted by Gasteiger charge is 2.08. The average molecular weight is 141 g/mol. The van der Waals surface area contributed by atoms with Gasteiger partial charge in [0.15, 0.2) is 0 Å². The normalized spacial score (nSPS) is 10.4. The standard InChI is InChI=1S/C8H7F2/c1-6-4-2-3-5-7(6)8(9)10/h2-4,8H,1H3. The molecule has 0 saturated heterocycles. The molecule has 0 aliphatic carbocycles. The topological polar surface area (TPSA) is 0 Å². The number of halogens is 2. The van der Waals surface area contributed by atoms with E-state index in [0.29, 0.717) is 5.56 Å². The molecule has 0 aliphatic heterocycles. The third-order valence-electron chi connectivity index (χ3n) is 1.32. The van der Waals surface area contributed by atoms with Crippen molar-refractivity contribution in [1.29, 1.82) is 0 Å². The van der Waals surface area contributed by atoms with E-state index in [-0.39, 0.29) is 5.56 Å². The minimum atomic E-state index is -2.40. The highest BCUT2D eigenvalue weighted by molar-refractivity contribution is 5.24. The van der Waals surface area contributed by atoms with E-state index in [2.05, 4.69) is 6.07 Å². The second-order valence-electron chi connectivity index (χ2n) is 2.07. The smallest absolute Gasteiger partial charge is 0.205 e. The first-order valence-electron chi connectivity index (χ1n) is 2.97. The molecule has 0 amide bonds. The predicted octanol–water partition coefficient (Wildman–Crippen LogP) is 2.73. The van der Waals surface area contributed by atoms with Crippen molar-refractivity contribution in [3.63, 3.8) is 0 Å². The van der Waals surface area contributed by atoms with E-state index in [9.17, 15) is 8.78 Å². The molecule has 0 atom stereocenters. The number of rotatable bonds is 1. The van der Waals surface area contributed by atoms with Crippen LogP contribution in [0, 0.1) is 13.0 Å². The van der Waals surface area contributed by atoms with Gasteiger partial charge in [0.1, 0.15) is 0 Å². The summed E-state index contributed by atoms with van der Waals surface area (Å²) in [4.78, 5) is 0. The molecule has 0 bridgehead atoms. The molecular weight excluding hydrogens is 134 g/mol. The van der Waals surface area contributed by atoms with Crippen LogP contribution in [0.3, 0.4) is 0 Å². The monoisotopic (exact) mass is 141 g/mol. The van der Waals surface area contributed by atoms with Crippen molar-refractivity contribution in [1.82, 2.24) is 0 Å². The summed E-state index contributed by atoms with van der Waals surface area (Å²) in [6, 6.07) is 7.33. The Bertz CT molecular complexity index is 218. The van der Waals surface area contributed by atoms with Crippen LogP contribution in [0.25, 0.3) is 0 Å². The highest BCUT2D eigenvalue weighted by atomic mass is 19.3. The van der Waals surface area contributed by atoms with E-state index in [1.54, 1.807) is 19.1 Å². The van der Waals surface area contributed by atoms with Gasteiger partial charge in [-0.15, -0.1) is 0 Å². The van der Waals surface area contributed by atoms with Crippen LogP contribution in [-0.2, 0) is 0 Å². The van der Waals surface area contributed by atoms with E-state index in [4.69, 9.17) is 0 Å². The molecule has 0 heterocycles. The van der Waals surface area contributed by atoms with Gasteiger partial charge in [-0.2, -0.15) is 0 Å². The van der Waals surface area contributed by atoms with Crippen LogP contribution < -0.4 is 0 Å². The Balaban J connectivity index is 3.03. The summed E-state index contributed by atoms with van der Waals surface area (Å²) >= 11 is 0. The lowest BCUT2D eigenvalue weighted by molar-refractivity contribution is 0.150. The molecule has 0 saturated carbocycles. The minimum Gasteiger partial charge on any atom is -0.205 e. The maximum atomic E-state index is 12.0. The van der Waals surface area contributed by atoms with E-state index >= 15 is 0 Å². The van der Waals surface area contributed by atoms with Crippen molar-refractivity contribution < 1.29 is 8.78 Å². The Morgan fingerprint density at radius 1 is 1.50 bits per heavy atom. The summed E-state index contributed by atoms with van der Waals surface area (Å²) in [5.74, 6) is 0. The fraction of sp³-hybridized carbons (Fsp3) is 0.250. The van der Waals surface area contributed by atoms with Crippen molar-refractivity contribution in [2.24, 2.45) is 0 Å². The second-order valence-corrected chi connectivity index (χ2v) is 2.07. The van der Waals surface area contributed by atoms with E-state index in [1.807, 2.05) is 0 Å². The zero-order valence-corrected chi connectivity index (χ0v) is 5.57. The molecule has 1 radical (unpaired) electrons. The molecule has 10 heavy (non-hydrogen) atoms. The molecule has 0 aromatic heterocycles. The minimum absolute atomic E-state index is 0.00231. The second kappa shape index (κ2) is 2.78. The first kappa shape index (κ1) is 7.19. The van der Waals surface area contributed by atoms with Gasteiger partial charge in [0.05, 0.1) is 0 Å². The lowest BCUT2D eigenvalue weighted by atomic mass is 10.1. The molecular formula is C8H7F2. The summed E-state index contributed by atoms with van der Waals surface area (Å²) in [6.45, 7) is 1.65. The molecule has 53 valence electrons. The molecule has 1 aromatic carbocycles. The molecule has 0 aliphatic rings. The Kier molecular flexibility index (Phi) is 2.00. The molecule has 0 spiro atoms. The first-order chi connectivity index (χ1) is 4.72. The number of alkyl halides is 2. The Hall–Kier alpha value is -0.920. The molecule has 0 nitrogen and oxygen atoms in total. The van der Waals surface area contributed by atoms with Gasteiger partial charge < -0.3 is 0 Å². The SMILES string of the molecule is Cc1ccc[c]c1C(F)F. The third-order valence-corrected chi connectivity index (χ3v) is 1.32. The summed E-state index contributed by atoms with van der Waals surface area (Å²) < 4.78 is 24.0. The molecule has 0 fully saturated rings. The van der Waals surface area contributed by atoms with Gasteiger partial charge in [-0.05, 0) is 18.6 Å². The van der Waals surface area contributed by atoms with E-state index in [0.717, 1.165) is 0 Å². The number of aryl methyl sites for hydroxylation is 1. The molecule has 2 heteroatoms. The van der Waals surface area contributed by atoms with Gasteiger partial charge in [0, 0.05) is 5.56 Å². The van der Waals surface area contributed by atoms with Crippen LogP contribution in [0.2, 0.25) is 0 Å². The molecule has 1 aromatic rings. The summed E-state index contributed by atoms with van der Waals surface area (Å²) in [5.41, 5.74) is 0.597. The van der Waals surface area contributed by atoms with Crippen LogP contribution >= 0.6 is 0 Å². The quantitative estimate of drug-likeness (QED) is 0.564. The fourth-order valence-corrected chi connectivity index (χ4v) is 0.769. The Morgan fingerprint density at radius 2 is 2.20 bits per heavy atom. The van der Waals surface area contributed by atoms with Crippen molar-refractivity contribution in [3.8, 4) is 0 Å². The van der Waals surface area contributed by atoms with Crippen LogP contribution in [0.4, 0.5) is 8.78 Å². The molecule has 0 unspecified atom stereocenters. The van der Waals surface area contributed by atoms with Crippen molar-refractivity contribution in [2.75, 3.05) is 0 Å². The van der Waals surface area contributed by atoms with Crippen LogP contribution in [0.1, 0.15) is 17.6 Å². The lowest BCUT2D eigenvalue weighted by Gasteiger charge is -2.00. The number of benzene rings is 1. The van der Waals surface area contributed by atoms with Crippen LogP contribution in [0.5, 0.6) is 0 Å². The summed E-state index contributed by atoms with van der Waals surface area (Å²) in [6.07, 6.45) is -2.40. The van der Waals surface area contributed by atoms with Gasteiger partial charge in [0.25, 0.3) is 6.43 Å². The maximum Gasteiger partial charge on any atom is 0.264 e. The summed E-state index contributed by atoms with van der Waals surface area (Å²) in [7, 11) is 0. The van der Waals surface area contributed by atoms with Crippen molar-refractivity contribution in [3.05, 3.63) is 35.4 Å². The average Bonchev–Trinajstić information content (AvgIpc) is 1.88. The fourth-order valence-electron chi connectivity index (χ4n) is 0.769. The van der Waals surface area contributed by atoms with Crippen molar-refractivity contribution >= 4 is 0 Å². The first-order valence-corrected chi connectivity index (χ1v) is 2.97. The van der Waals surface area contributed by atoms with Gasteiger partial charge in [0.2, 0.25) is 0 Å². The van der Waals surface area contributed by atoms with E-state index in [1.165, 1.54) is 6.07 Å². The van der Waals surface area contributed by atoms with Crippen LogP contribution in [0.15, 0.2) is 18.2 Å². The molecule has 1 rings (SSSR count). The number of hydrogen-bond donors (Lipinski definition) is 0. The Labute approximate surface area is 58.5 Å². The Morgan fingerprint density at radius 3 is 2.60 bits per heavy atom. The van der Waals surface area contributed by atoms with Gasteiger partial charge in [-0.25, -0.2) is 8.78 Å². The van der Waals surface area contributed by atoms with E-state index < -0.39 is 6.43 Å². The lowest BCUT2D eigenvalue weighted by Crippen LogP contribution is -1.87. The van der Waals surface area contributed by atoms with Crippen LogP contribution in [-0.4, -0.2) is 0 Å².